The second kappa shape index (κ2) is 5.11. The second-order valence-electron chi connectivity index (χ2n) is 5.28. The first kappa shape index (κ1) is 13.3. The van der Waals surface area contributed by atoms with Crippen molar-refractivity contribution in [2.24, 2.45) is 0 Å². The van der Waals surface area contributed by atoms with Crippen LogP contribution in [-0.2, 0) is 6.42 Å². The highest BCUT2D eigenvalue weighted by atomic mass is 35.5. The van der Waals surface area contributed by atoms with E-state index in [2.05, 4.69) is 9.97 Å². The summed E-state index contributed by atoms with van der Waals surface area (Å²) in [6, 6.07) is 14.9. The van der Waals surface area contributed by atoms with Crippen LogP contribution in [0.25, 0.3) is 21.8 Å². The number of H-pyrrole nitrogens is 1. The average molecular weight is 311 g/mol. The number of fused-ring (bicyclic) bond motifs is 3. The Balaban J connectivity index is 1.97. The molecule has 0 aliphatic carbocycles. The first-order valence-corrected chi connectivity index (χ1v) is 7.38. The number of aromatic amines is 1. The molecule has 2 nitrogen and oxygen atoms in total. The number of para-hydroxylation sites is 1. The van der Waals surface area contributed by atoms with Crippen LogP contribution in [0.2, 0.25) is 5.15 Å². The number of aromatic nitrogens is 2. The Hall–Kier alpha value is -2.39. The van der Waals surface area contributed by atoms with E-state index in [9.17, 15) is 4.39 Å². The average Bonchev–Trinajstić information content (AvgIpc) is 2.89. The fourth-order valence-corrected chi connectivity index (χ4v) is 3.12. The van der Waals surface area contributed by atoms with E-state index in [0.29, 0.717) is 17.1 Å². The Morgan fingerprint density at radius 2 is 1.91 bits per heavy atom. The van der Waals surface area contributed by atoms with E-state index in [4.69, 9.17) is 11.6 Å². The Morgan fingerprint density at radius 1 is 1.05 bits per heavy atom. The highest BCUT2D eigenvalue weighted by Crippen LogP contribution is 2.31. The molecule has 2 aromatic heterocycles. The fraction of sp³-hybridized carbons (Fsp3) is 0.0556. The third-order valence-electron chi connectivity index (χ3n) is 3.89. The van der Waals surface area contributed by atoms with Crippen LogP contribution < -0.4 is 0 Å². The van der Waals surface area contributed by atoms with Gasteiger partial charge in [-0.3, -0.25) is 0 Å². The Kier molecular flexibility index (Phi) is 3.09. The van der Waals surface area contributed by atoms with Crippen molar-refractivity contribution in [2.45, 2.75) is 6.42 Å². The van der Waals surface area contributed by atoms with Gasteiger partial charge in [0.2, 0.25) is 0 Å². The minimum Gasteiger partial charge on any atom is -0.354 e. The highest BCUT2D eigenvalue weighted by molar-refractivity contribution is 6.29. The fourth-order valence-electron chi connectivity index (χ4n) is 2.92. The first-order valence-electron chi connectivity index (χ1n) is 7.00. The Morgan fingerprint density at radius 3 is 2.77 bits per heavy atom. The predicted molar refractivity (Wildman–Crippen MR) is 87.8 cm³/mol. The lowest BCUT2D eigenvalue weighted by molar-refractivity contribution is 0.617. The lowest BCUT2D eigenvalue weighted by atomic mass is 9.99. The summed E-state index contributed by atoms with van der Waals surface area (Å²) < 4.78 is 14.4. The van der Waals surface area contributed by atoms with Crippen LogP contribution in [0, 0.1) is 5.82 Å². The number of hydrogen-bond donors (Lipinski definition) is 1. The van der Waals surface area contributed by atoms with E-state index in [-0.39, 0.29) is 5.82 Å². The highest BCUT2D eigenvalue weighted by Gasteiger charge is 2.13. The van der Waals surface area contributed by atoms with E-state index < -0.39 is 0 Å². The maximum absolute atomic E-state index is 14.4. The van der Waals surface area contributed by atoms with Gasteiger partial charge in [0.25, 0.3) is 0 Å². The van der Waals surface area contributed by atoms with E-state index in [1.807, 2.05) is 30.3 Å². The summed E-state index contributed by atoms with van der Waals surface area (Å²) in [6.07, 6.45) is 2.12. The van der Waals surface area contributed by atoms with Crippen molar-refractivity contribution in [1.82, 2.24) is 9.97 Å². The SMILES string of the molecule is Fc1ccc2[nH]c3ccccc3c2c1Cc1ccnc(Cl)c1. The van der Waals surface area contributed by atoms with Gasteiger partial charge in [0.15, 0.2) is 0 Å². The van der Waals surface area contributed by atoms with Gasteiger partial charge in [0, 0.05) is 40.0 Å². The summed E-state index contributed by atoms with van der Waals surface area (Å²) in [5.74, 6) is -0.204. The molecule has 4 rings (SSSR count). The summed E-state index contributed by atoms with van der Waals surface area (Å²) in [4.78, 5) is 7.31. The third kappa shape index (κ3) is 2.14. The third-order valence-corrected chi connectivity index (χ3v) is 4.10. The molecule has 2 aromatic carbocycles. The molecule has 0 fully saturated rings. The van der Waals surface area contributed by atoms with Gasteiger partial charge in [-0.1, -0.05) is 29.8 Å². The van der Waals surface area contributed by atoms with Crippen LogP contribution in [-0.4, -0.2) is 9.97 Å². The molecule has 0 spiro atoms. The van der Waals surface area contributed by atoms with E-state index in [1.54, 1.807) is 18.3 Å². The van der Waals surface area contributed by atoms with Crippen molar-refractivity contribution in [2.75, 3.05) is 0 Å². The molecule has 1 N–H and O–H groups in total. The van der Waals surface area contributed by atoms with Crippen molar-refractivity contribution in [3.63, 3.8) is 0 Å². The molecule has 0 amide bonds. The van der Waals surface area contributed by atoms with Crippen LogP contribution >= 0.6 is 11.6 Å². The van der Waals surface area contributed by atoms with E-state index in [1.165, 1.54) is 6.07 Å². The molecule has 0 radical (unpaired) electrons. The van der Waals surface area contributed by atoms with Crippen LogP contribution in [0.4, 0.5) is 4.39 Å². The molecule has 4 aromatic rings. The summed E-state index contributed by atoms with van der Waals surface area (Å²) >= 11 is 5.93. The van der Waals surface area contributed by atoms with Crippen molar-refractivity contribution in [3.05, 3.63) is 76.8 Å². The molecule has 0 bridgehead atoms. The molecule has 0 unspecified atom stereocenters. The van der Waals surface area contributed by atoms with E-state index in [0.717, 1.165) is 27.4 Å². The van der Waals surface area contributed by atoms with Crippen molar-refractivity contribution in [3.8, 4) is 0 Å². The second-order valence-corrected chi connectivity index (χ2v) is 5.67. The zero-order valence-corrected chi connectivity index (χ0v) is 12.4. The van der Waals surface area contributed by atoms with Crippen LogP contribution in [0.1, 0.15) is 11.1 Å². The number of halogens is 2. The van der Waals surface area contributed by atoms with Gasteiger partial charge in [-0.15, -0.1) is 0 Å². The largest absolute Gasteiger partial charge is 0.354 e. The van der Waals surface area contributed by atoms with Gasteiger partial charge < -0.3 is 4.98 Å². The maximum Gasteiger partial charge on any atom is 0.129 e. The summed E-state index contributed by atoms with van der Waals surface area (Å²) in [5.41, 5.74) is 3.57. The monoisotopic (exact) mass is 310 g/mol. The standard InChI is InChI=1S/C18H12ClFN2/c19-17-10-11(7-8-21-17)9-13-14(20)5-6-16-18(13)12-3-1-2-4-15(12)22-16/h1-8,10,22H,9H2. The summed E-state index contributed by atoms with van der Waals surface area (Å²) in [7, 11) is 0. The summed E-state index contributed by atoms with van der Waals surface area (Å²) in [6.45, 7) is 0. The van der Waals surface area contributed by atoms with Gasteiger partial charge in [0.1, 0.15) is 11.0 Å². The minimum atomic E-state index is -0.204. The van der Waals surface area contributed by atoms with Gasteiger partial charge in [-0.05, 0) is 35.9 Å². The maximum atomic E-state index is 14.4. The quantitative estimate of drug-likeness (QED) is 0.513. The molecule has 0 saturated heterocycles. The molecule has 108 valence electrons. The van der Waals surface area contributed by atoms with Gasteiger partial charge in [0.05, 0.1) is 0 Å². The molecule has 0 aliphatic rings. The van der Waals surface area contributed by atoms with Gasteiger partial charge in [-0.2, -0.15) is 0 Å². The Labute approximate surface area is 131 Å². The zero-order chi connectivity index (χ0) is 15.1. The minimum absolute atomic E-state index is 0.204. The molecule has 0 saturated carbocycles. The smallest absolute Gasteiger partial charge is 0.129 e. The van der Waals surface area contributed by atoms with Crippen LogP contribution in [0.3, 0.4) is 0 Å². The number of rotatable bonds is 2. The van der Waals surface area contributed by atoms with Crippen LogP contribution in [0.5, 0.6) is 0 Å². The molecule has 0 aliphatic heterocycles. The lowest BCUT2D eigenvalue weighted by Crippen LogP contribution is -1.94. The van der Waals surface area contributed by atoms with Gasteiger partial charge in [-0.25, -0.2) is 9.37 Å². The van der Waals surface area contributed by atoms with Crippen LogP contribution in [0.15, 0.2) is 54.7 Å². The Bertz CT molecular complexity index is 991. The number of pyridine rings is 1. The topological polar surface area (TPSA) is 28.7 Å². The zero-order valence-electron chi connectivity index (χ0n) is 11.6. The van der Waals surface area contributed by atoms with Crippen molar-refractivity contribution < 1.29 is 4.39 Å². The van der Waals surface area contributed by atoms with Gasteiger partial charge >= 0.3 is 0 Å². The molecular weight excluding hydrogens is 299 g/mol. The number of nitrogens with one attached hydrogen (secondary N) is 1. The molecule has 4 heteroatoms. The number of nitrogens with zero attached hydrogens (tertiary/aromatic N) is 1. The molecule has 22 heavy (non-hydrogen) atoms. The van der Waals surface area contributed by atoms with Crippen molar-refractivity contribution in [1.29, 1.82) is 0 Å². The number of hydrogen-bond acceptors (Lipinski definition) is 1. The van der Waals surface area contributed by atoms with Crippen molar-refractivity contribution >= 4 is 33.4 Å². The first-order chi connectivity index (χ1) is 10.7. The van der Waals surface area contributed by atoms with E-state index >= 15 is 0 Å². The summed E-state index contributed by atoms with van der Waals surface area (Å²) in [5, 5.41) is 2.39. The normalized spacial score (nSPS) is 11.4. The molecular formula is C18H12ClFN2. The lowest BCUT2D eigenvalue weighted by Gasteiger charge is -2.06. The molecule has 2 heterocycles. The molecule has 0 atom stereocenters. The number of benzene rings is 2. The predicted octanol–water partition coefficient (Wildman–Crippen LogP) is 5.10.